The van der Waals surface area contributed by atoms with Gasteiger partial charge in [-0.2, -0.15) is 0 Å². The second-order valence-electron chi connectivity index (χ2n) is 4.35. The number of hydrogen-bond donors (Lipinski definition) is 2. The molecule has 1 aromatic heterocycles. The molecule has 102 valence electrons. The molecule has 1 atom stereocenters. The van der Waals surface area contributed by atoms with E-state index >= 15 is 0 Å². The Balaban J connectivity index is 2.29. The molecule has 0 fully saturated rings. The van der Waals surface area contributed by atoms with Crippen molar-refractivity contribution in [1.82, 2.24) is 0 Å². The van der Waals surface area contributed by atoms with Crippen LogP contribution in [-0.2, 0) is 5.54 Å². The van der Waals surface area contributed by atoms with E-state index in [9.17, 15) is 5.11 Å². The molecule has 0 saturated heterocycles. The highest BCUT2D eigenvalue weighted by molar-refractivity contribution is 9.10. The highest BCUT2D eigenvalue weighted by Crippen LogP contribution is 2.32. The van der Waals surface area contributed by atoms with Gasteiger partial charge in [-0.05, 0) is 69.1 Å². The van der Waals surface area contributed by atoms with Crippen LogP contribution in [0.5, 0.6) is 0 Å². The smallest absolute Gasteiger partial charge is 0.169 e. The van der Waals surface area contributed by atoms with Gasteiger partial charge in [0.05, 0.1) is 11.6 Å². The third-order valence-electron chi connectivity index (χ3n) is 2.77. The largest absolute Gasteiger partial charge is 0.452 e. The minimum absolute atomic E-state index is 0.104. The summed E-state index contributed by atoms with van der Waals surface area (Å²) >= 11 is 12.6. The van der Waals surface area contributed by atoms with Crippen LogP contribution in [0.1, 0.15) is 12.7 Å². The van der Waals surface area contributed by atoms with Crippen LogP contribution in [0.4, 0.5) is 5.69 Å². The van der Waals surface area contributed by atoms with E-state index in [1.54, 1.807) is 12.1 Å². The molecule has 6 heteroatoms. The normalized spacial score (nSPS) is 14.2. The lowest BCUT2D eigenvalue weighted by molar-refractivity contribution is 0.202. The molecule has 0 bridgehead atoms. The SMILES string of the molecule is CC(CO)(Nc1ccc(Cl)c(Br)c1)c1ccc(Br)o1. The monoisotopic (exact) mass is 407 g/mol. The molecule has 0 radical (unpaired) electrons. The number of furan rings is 1. The van der Waals surface area contributed by atoms with Gasteiger partial charge in [0.25, 0.3) is 0 Å². The van der Waals surface area contributed by atoms with Gasteiger partial charge in [0.1, 0.15) is 11.3 Å². The van der Waals surface area contributed by atoms with Crippen molar-refractivity contribution in [2.45, 2.75) is 12.5 Å². The van der Waals surface area contributed by atoms with Crippen LogP contribution in [0.2, 0.25) is 5.02 Å². The first-order valence-electron chi connectivity index (χ1n) is 5.54. The first-order chi connectivity index (χ1) is 8.94. The summed E-state index contributed by atoms with van der Waals surface area (Å²) in [5.74, 6) is 0.646. The summed E-state index contributed by atoms with van der Waals surface area (Å²) in [5.41, 5.74) is 0.125. The second-order valence-corrected chi connectivity index (χ2v) is 6.39. The van der Waals surface area contributed by atoms with Crippen molar-refractivity contribution in [3.05, 3.63) is 50.3 Å². The van der Waals surface area contributed by atoms with Crippen LogP contribution in [-0.4, -0.2) is 11.7 Å². The van der Waals surface area contributed by atoms with Crippen molar-refractivity contribution < 1.29 is 9.52 Å². The average molecular weight is 410 g/mol. The van der Waals surface area contributed by atoms with Crippen LogP contribution in [0, 0.1) is 0 Å². The minimum Gasteiger partial charge on any atom is -0.452 e. The van der Waals surface area contributed by atoms with Gasteiger partial charge in [-0.15, -0.1) is 0 Å². The lowest BCUT2D eigenvalue weighted by Gasteiger charge is -2.28. The summed E-state index contributed by atoms with van der Waals surface area (Å²) in [4.78, 5) is 0. The molecule has 1 unspecified atom stereocenters. The Morgan fingerprint density at radius 1 is 1.32 bits per heavy atom. The molecule has 19 heavy (non-hydrogen) atoms. The molecule has 1 aromatic carbocycles. The van der Waals surface area contributed by atoms with Crippen LogP contribution in [0.3, 0.4) is 0 Å². The molecular weight excluding hydrogens is 397 g/mol. The maximum Gasteiger partial charge on any atom is 0.169 e. The third-order valence-corrected chi connectivity index (χ3v) is 4.41. The predicted molar refractivity (Wildman–Crippen MR) is 83.6 cm³/mol. The number of rotatable bonds is 4. The summed E-state index contributed by atoms with van der Waals surface area (Å²) < 4.78 is 6.94. The van der Waals surface area contributed by atoms with Gasteiger partial charge in [0.2, 0.25) is 0 Å². The summed E-state index contributed by atoms with van der Waals surface area (Å²) in [7, 11) is 0. The van der Waals surface area contributed by atoms with Crippen molar-refractivity contribution in [1.29, 1.82) is 0 Å². The molecule has 3 nitrogen and oxygen atoms in total. The Morgan fingerprint density at radius 3 is 2.58 bits per heavy atom. The van der Waals surface area contributed by atoms with Crippen molar-refractivity contribution >= 4 is 49.1 Å². The van der Waals surface area contributed by atoms with Crippen molar-refractivity contribution in [2.24, 2.45) is 0 Å². The first-order valence-corrected chi connectivity index (χ1v) is 7.51. The predicted octanol–water partition coefficient (Wildman–Crippen LogP) is 4.78. The fourth-order valence-electron chi connectivity index (χ4n) is 1.68. The zero-order valence-corrected chi connectivity index (χ0v) is 14.0. The molecule has 2 rings (SSSR count). The lowest BCUT2D eigenvalue weighted by atomic mass is 9.99. The standard InChI is InChI=1S/C13H12Br2ClNO2/c1-13(7-18,11-4-5-12(15)19-11)17-8-2-3-10(16)9(14)6-8/h2-6,17-18H,7H2,1H3. The fraction of sp³-hybridized carbons (Fsp3) is 0.231. The van der Waals surface area contributed by atoms with Crippen LogP contribution in [0.25, 0.3) is 0 Å². The van der Waals surface area contributed by atoms with E-state index in [2.05, 4.69) is 37.2 Å². The van der Waals surface area contributed by atoms with Gasteiger partial charge in [-0.1, -0.05) is 11.6 Å². The average Bonchev–Trinajstić information content (AvgIpc) is 2.81. The topological polar surface area (TPSA) is 45.4 Å². The lowest BCUT2D eigenvalue weighted by Crippen LogP contribution is -2.35. The van der Waals surface area contributed by atoms with Gasteiger partial charge >= 0.3 is 0 Å². The minimum atomic E-state index is -0.709. The second kappa shape index (κ2) is 5.87. The van der Waals surface area contributed by atoms with Crippen LogP contribution in [0.15, 0.2) is 43.9 Å². The molecule has 0 saturated carbocycles. The molecule has 0 amide bonds. The summed E-state index contributed by atoms with van der Waals surface area (Å²) in [6.07, 6.45) is 0. The van der Waals surface area contributed by atoms with E-state index in [-0.39, 0.29) is 6.61 Å². The van der Waals surface area contributed by atoms with Crippen molar-refractivity contribution in [3.63, 3.8) is 0 Å². The number of anilines is 1. The number of benzene rings is 1. The number of aliphatic hydroxyl groups is 1. The number of hydrogen-bond acceptors (Lipinski definition) is 3. The quantitative estimate of drug-likeness (QED) is 0.764. The molecule has 1 heterocycles. The summed E-state index contributed by atoms with van der Waals surface area (Å²) in [6.45, 7) is 1.76. The third kappa shape index (κ3) is 3.34. The molecule has 0 aliphatic heterocycles. The molecule has 2 N–H and O–H groups in total. The van der Waals surface area contributed by atoms with E-state index in [1.165, 1.54) is 0 Å². The van der Waals surface area contributed by atoms with E-state index < -0.39 is 5.54 Å². The van der Waals surface area contributed by atoms with Gasteiger partial charge in [-0.25, -0.2) is 0 Å². The van der Waals surface area contributed by atoms with Gasteiger partial charge in [0.15, 0.2) is 4.67 Å². The van der Waals surface area contributed by atoms with E-state index in [4.69, 9.17) is 16.0 Å². The first kappa shape index (κ1) is 14.9. The Morgan fingerprint density at radius 2 is 2.05 bits per heavy atom. The Labute approximate surface area is 133 Å². The number of aliphatic hydroxyl groups excluding tert-OH is 1. The molecule has 0 aliphatic carbocycles. The highest BCUT2D eigenvalue weighted by Gasteiger charge is 2.29. The zero-order chi connectivity index (χ0) is 14.0. The summed E-state index contributed by atoms with van der Waals surface area (Å²) in [6, 6.07) is 9.10. The molecule has 0 aliphatic rings. The molecule has 2 aromatic rings. The van der Waals surface area contributed by atoms with Gasteiger partial charge in [-0.3, -0.25) is 0 Å². The number of nitrogens with one attached hydrogen (secondary N) is 1. The Hall–Kier alpha value is -0.490. The van der Waals surface area contributed by atoms with E-state index in [0.29, 0.717) is 15.5 Å². The van der Waals surface area contributed by atoms with Crippen molar-refractivity contribution in [2.75, 3.05) is 11.9 Å². The molecule has 0 spiro atoms. The highest BCUT2D eigenvalue weighted by atomic mass is 79.9. The Bertz CT molecular complexity index is 588. The fourth-order valence-corrected chi connectivity index (χ4v) is 2.49. The molecular formula is C13H12Br2ClNO2. The summed E-state index contributed by atoms with van der Waals surface area (Å²) in [5, 5.41) is 13.5. The van der Waals surface area contributed by atoms with Gasteiger partial charge < -0.3 is 14.8 Å². The van der Waals surface area contributed by atoms with E-state index in [0.717, 1.165) is 10.2 Å². The van der Waals surface area contributed by atoms with Crippen LogP contribution >= 0.6 is 43.5 Å². The maximum atomic E-state index is 9.66. The number of halogens is 3. The van der Waals surface area contributed by atoms with Gasteiger partial charge in [0, 0.05) is 10.2 Å². The van der Waals surface area contributed by atoms with E-state index in [1.807, 2.05) is 25.1 Å². The Kier molecular flexibility index (Phi) is 4.61. The van der Waals surface area contributed by atoms with Crippen LogP contribution < -0.4 is 5.32 Å². The zero-order valence-electron chi connectivity index (χ0n) is 10.1. The maximum absolute atomic E-state index is 9.66. The van der Waals surface area contributed by atoms with Crippen molar-refractivity contribution in [3.8, 4) is 0 Å².